The lowest BCUT2D eigenvalue weighted by atomic mass is 9.68. The second-order valence-electron chi connectivity index (χ2n) is 8.90. The predicted octanol–water partition coefficient (Wildman–Crippen LogP) is 4.30. The zero-order valence-corrected chi connectivity index (χ0v) is 16.7. The average molecular weight is 385 g/mol. The van der Waals surface area contributed by atoms with E-state index in [2.05, 4.69) is 15.9 Å². The molecule has 4 aliphatic rings. The summed E-state index contributed by atoms with van der Waals surface area (Å²) < 4.78 is 0. The quantitative estimate of drug-likeness (QED) is 0.709. The number of halogens is 1. The fourth-order valence-electron chi connectivity index (χ4n) is 6.13. The Morgan fingerprint density at radius 1 is 1.11 bits per heavy atom. The van der Waals surface area contributed by atoms with Gasteiger partial charge in [0.2, 0.25) is 5.91 Å². The number of carbonyl (C=O) groups excluding carboxylic acids is 1. The second-order valence-corrected chi connectivity index (χ2v) is 9.33. The first-order chi connectivity index (χ1) is 13.2. The number of fused-ring (bicyclic) bond motifs is 6. The minimum absolute atomic E-state index is 0.284. The molecule has 1 aromatic rings. The fraction of sp³-hybridized carbons (Fsp3) is 0.609. The molecule has 3 heterocycles. The number of rotatable bonds is 2. The van der Waals surface area contributed by atoms with Crippen LogP contribution in [0.1, 0.15) is 44.1 Å². The Kier molecular flexibility index (Phi) is 4.77. The van der Waals surface area contributed by atoms with Crippen molar-refractivity contribution >= 4 is 17.5 Å². The van der Waals surface area contributed by atoms with E-state index in [1.54, 1.807) is 5.57 Å². The Labute approximate surface area is 167 Å². The molecule has 0 radical (unpaired) electrons. The zero-order chi connectivity index (χ0) is 18.4. The third kappa shape index (κ3) is 3.34. The summed E-state index contributed by atoms with van der Waals surface area (Å²) in [6, 6.07) is 8.85. The summed E-state index contributed by atoms with van der Waals surface area (Å²) in [5.41, 5.74) is 2.63. The number of carbonyl (C=O) groups is 1. The van der Waals surface area contributed by atoms with Crippen molar-refractivity contribution in [1.82, 2.24) is 9.80 Å². The number of benzene rings is 1. The van der Waals surface area contributed by atoms with Gasteiger partial charge in [-0.2, -0.15) is 0 Å². The fourth-order valence-corrected chi connectivity index (χ4v) is 6.26. The van der Waals surface area contributed by atoms with Gasteiger partial charge in [-0.05, 0) is 68.2 Å². The highest BCUT2D eigenvalue weighted by molar-refractivity contribution is 6.30. The summed E-state index contributed by atoms with van der Waals surface area (Å²) in [6.07, 6.45) is 10.8. The lowest BCUT2D eigenvalue weighted by Gasteiger charge is -2.54. The minimum atomic E-state index is 0.284. The van der Waals surface area contributed by atoms with Gasteiger partial charge < -0.3 is 4.90 Å². The van der Waals surface area contributed by atoms with Crippen molar-refractivity contribution in [2.24, 2.45) is 11.8 Å². The number of hydrogen-bond acceptors (Lipinski definition) is 2. The van der Waals surface area contributed by atoms with E-state index in [-0.39, 0.29) is 5.91 Å². The molecular weight excluding hydrogens is 356 g/mol. The monoisotopic (exact) mass is 384 g/mol. The lowest BCUT2D eigenvalue weighted by molar-refractivity contribution is -0.135. The zero-order valence-electron chi connectivity index (χ0n) is 15.9. The molecule has 1 aliphatic carbocycles. The van der Waals surface area contributed by atoms with Gasteiger partial charge in [0.1, 0.15) is 0 Å². The van der Waals surface area contributed by atoms with E-state index in [4.69, 9.17) is 11.6 Å². The molecule has 0 spiro atoms. The maximum Gasteiger partial charge on any atom is 0.227 e. The summed E-state index contributed by atoms with van der Waals surface area (Å²) in [7, 11) is 0. The standard InChI is InChI=1S/C23H29ClN2O/c24-20-8-6-16(7-9-20)12-22(27)26-11-3-4-17-13-18-14-19(23(17)26)15-25-10-2-1-5-21(18)25/h6-9,13,18-19,21,23H,1-5,10-12,14-15H2/t18-,19-,21-,23-/m0/s1. The van der Waals surface area contributed by atoms with Gasteiger partial charge in [-0.1, -0.05) is 41.8 Å². The molecule has 144 valence electrons. The Morgan fingerprint density at radius 3 is 2.81 bits per heavy atom. The van der Waals surface area contributed by atoms with Crippen molar-refractivity contribution < 1.29 is 4.79 Å². The van der Waals surface area contributed by atoms with Crippen LogP contribution in [0.2, 0.25) is 5.02 Å². The van der Waals surface area contributed by atoms with E-state index in [1.165, 1.54) is 45.2 Å². The lowest BCUT2D eigenvalue weighted by Crippen LogP contribution is -2.60. The van der Waals surface area contributed by atoms with Crippen LogP contribution in [-0.2, 0) is 11.2 Å². The van der Waals surface area contributed by atoms with E-state index in [0.717, 1.165) is 35.5 Å². The molecule has 4 atom stereocenters. The number of hydrogen-bond donors (Lipinski definition) is 0. The Balaban J connectivity index is 1.38. The normalized spacial score (nSPS) is 33.1. The highest BCUT2D eigenvalue weighted by atomic mass is 35.5. The van der Waals surface area contributed by atoms with Gasteiger partial charge in [0, 0.05) is 24.2 Å². The summed E-state index contributed by atoms with van der Waals surface area (Å²) in [4.78, 5) is 18.2. The van der Waals surface area contributed by atoms with Gasteiger partial charge in [0.05, 0.1) is 12.5 Å². The number of nitrogens with zero attached hydrogens (tertiary/aromatic N) is 2. The van der Waals surface area contributed by atoms with Gasteiger partial charge in [0.25, 0.3) is 0 Å². The van der Waals surface area contributed by atoms with Crippen LogP contribution in [0.4, 0.5) is 0 Å². The van der Waals surface area contributed by atoms with Gasteiger partial charge in [-0.15, -0.1) is 0 Å². The van der Waals surface area contributed by atoms with Crippen LogP contribution in [-0.4, -0.2) is 47.4 Å². The van der Waals surface area contributed by atoms with E-state index in [0.29, 0.717) is 18.4 Å². The molecule has 1 amide bonds. The van der Waals surface area contributed by atoms with Crippen molar-refractivity contribution in [1.29, 1.82) is 0 Å². The number of amides is 1. The molecular formula is C23H29ClN2O. The maximum atomic E-state index is 13.2. The van der Waals surface area contributed by atoms with E-state index in [1.807, 2.05) is 24.3 Å². The van der Waals surface area contributed by atoms with Crippen LogP contribution >= 0.6 is 11.6 Å². The molecule has 1 aromatic carbocycles. The number of likely N-dealkylation sites (tertiary alicyclic amines) is 1. The second kappa shape index (κ2) is 7.25. The molecule has 3 saturated heterocycles. The highest BCUT2D eigenvalue weighted by Gasteiger charge is 2.46. The van der Waals surface area contributed by atoms with Gasteiger partial charge in [-0.3, -0.25) is 9.69 Å². The molecule has 0 saturated carbocycles. The molecule has 0 aromatic heterocycles. The summed E-state index contributed by atoms with van der Waals surface area (Å²) in [5.74, 6) is 1.63. The predicted molar refractivity (Wildman–Crippen MR) is 109 cm³/mol. The third-order valence-corrected chi connectivity index (χ3v) is 7.50. The Morgan fingerprint density at radius 2 is 1.96 bits per heavy atom. The third-order valence-electron chi connectivity index (χ3n) is 7.25. The van der Waals surface area contributed by atoms with Crippen molar-refractivity contribution in [3.05, 3.63) is 46.5 Å². The largest absolute Gasteiger partial charge is 0.335 e. The Hall–Kier alpha value is -1.32. The first kappa shape index (κ1) is 17.8. The van der Waals surface area contributed by atoms with Gasteiger partial charge >= 0.3 is 0 Å². The van der Waals surface area contributed by atoms with Crippen molar-refractivity contribution in [3.63, 3.8) is 0 Å². The first-order valence-electron chi connectivity index (χ1n) is 10.7. The summed E-state index contributed by atoms with van der Waals surface area (Å²) in [6.45, 7) is 3.36. The first-order valence-corrected chi connectivity index (χ1v) is 11.1. The molecule has 3 aliphatic heterocycles. The summed E-state index contributed by atoms with van der Waals surface area (Å²) >= 11 is 5.99. The van der Waals surface area contributed by atoms with Crippen LogP contribution in [0.3, 0.4) is 0 Å². The molecule has 0 unspecified atom stereocenters. The van der Waals surface area contributed by atoms with E-state index >= 15 is 0 Å². The van der Waals surface area contributed by atoms with Crippen molar-refractivity contribution in [2.45, 2.75) is 57.0 Å². The van der Waals surface area contributed by atoms with Crippen molar-refractivity contribution in [2.75, 3.05) is 19.6 Å². The topological polar surface area (TPSA) is 23.6 Å². The Bertz CT molecular complexity index is 743. The van der Waals surface area contributed by atoms with E-state index in [9.17, 15) is 4.79 Å². The molecule has 3 nitrogen and oxygen atoms in total. The van der Waals surface area contributed by atoms with Crippen LogP contribution in [0.25, 0.3) is 0 Å². The summed E-state index contributed by atoms with van der Waals surface area (Å²) in [5, 5.41) is 0.728. The van der Waals surface area contributed by atoms with E-state index < -0.39 is 0 Å². The smallest absolute Gasteiger partial charge is 0.227 e. The average Bonchev–Trinajstić information content (AvgIpc) is 2.69. The van der Waals surface area contributed by atoms with Gasteiger partial charge in [-0.25, -0.2) is 0 Å². The molecule has 5 rings (SSSR count). The molecule has 27 heavy (non-hydrogen) atoms. The van der Waals surface area contributed by atoms with Crippen LogP contribution in [0, 0.1) is 11.8 Å². The maximum absolute atomic E-state index is 13.2. The molecule has 4 heteroatoms. The molecule has 3 fully saturated rings. The van der Waals surface area contributed by atoms with Crippen LogP contribution in [0.5, 0.6) is 0 Å². The molecule has 0 N–H and O–H groups in total. The van der Waals surface area contributed by atoms with Crippen LogP contribution in [0.15, 0.2) is 35.9 Å². The molecule has 2 bridgehead atoms. The SMILES string of the molecule is O=C(Cc1ccc(Cl)cc1)N1CCCC2=C[C@H]3C[C@@H](CN4CCCC[C@@H]34)[C@H]21. The van der Waals surface area contributed by atoms with Crippen LogP contribution < -0.4 is 0 Å². The highest BCUT2D eigenvalue weighted by Crippen LogP contribution is 2.45. The van der Waals surface area contributed by atoms with Crippen molar-refractivity contribution in [3.8, 4) is 0 Å². The number of piperidine rings is 3. The van der Waals surface area contributed by atoms with Gasteiger partial charge in [0.15, 0.2) is 0 Å². The minimum Gasteiger partial charge on any atom is -0.335 e.